The highest BCUT2D eigenvalue weighted by molar-refractivity contribution is 5.98. The molecular weight excluding hydrogens is 310 g/mol. The summed E-state index contributed by atoms with van der Waals surface area (Å²) >= 11 is 0. The highest BCUT2D eigenvalue weighted by Gasteiger charge is 2.23. The number of rotatable bonds is 8. The molecule has 2 N–H and O–H groups in total. The van der Waals surface area contributed by atoms with Crippen molar-refractivity contribution in [2.24, 2.45) is 0 Å². The van der Waals surface area contributed by atoms with Gasteiger partial charge in [-0.15, -0.1) is 0 Å². The van der Waals surface area contributed by atoms with Crippen molar-refractivity contribution < 1.29 is 14.8 Å². The number of nitrogens with zero attached hydrogens (tertiary/aromatic N) is 2. The topological polar surface area (TPSA) is 95.7 Å². The van der Waals surface area contributed by atoms with E-state index in [1.54, 1.807) is 19.1 Å². The van der Waals surface area contributed by atoms with Gasteiger partial charge in [-0.1, -0.05) is 6.07 Å². The van der Waals surface area contributed by atoms with E-state index in [1.807, 2.05) is 0 Å². The van der Waals surface area contributed by atoms with Crippen LogP contribution in [0.1, 0.15) is 41.6 Å². The third-order valence-electron chi connectivity index (χ3n) is 4.46. The van der Waals surface area contributed by atoms with Crippen LogP contribution in [0.2, 0.25) is 0 Å². The lowest BCUT2D eigenvalue weighted by molar-refractivity contribution is -0.385. The maximum absolute atomic E-state index is 12.2. The molecule has 1 aromatic carbocycles. The number of carbonyl (C=O) groups is 1. The van der Waals surface area contributed by atoms with Crippen LogP contribution in [0.25, 0.3) is 0 Å². The van der Waals surface area contributed by atoms with Gasteiger partial charge < -0.3 is 10.4 Å². The first-order valence-electron chi connectivity index (χ1n) is 8.41. The van der Waals surface area contributed by atoms with E-state index in [-0.39, 0.29) is 23.9 Å². The van der Waals surface area contributed by atoms with Gasteiger partial charge in [0, 0.05) is 18.7 Å². The summed E-state index contributed by atoms with van der Waals surface area (Å²) in [5, 5.41) is 23.1. The minimum atomic E-state index is -0.531. The Labute approximate surface area is 141 Å². The van der Waals surface area contributed by atoms with E-state index in [1.165, 1.54) is 6.07 Å². The summed E-state index contributed by atoms with van der Waals surface area (Å²) in [4.78, 5) is 25.0. The van der Waals surface area contributed by atoms with Crippen LogP contribution in [0.15, 0.2) is 18.2 Å². The molecule has 1 atom stereocenters. The molecule has 0 radical (unpaired) electrons. The van der Waals surface area contributed by atoms with Gasteiger partial charge in [0.15, 0.2) is 0 Å². The molecule has 0 saturated carbocycles. The minimum absolute atomic E-state index is 0.111. The van der Waals surface area contributed by atoms with Gasteiger partial charge in [0.25, 0.3) is 11.6 Å². The third kappa shape index (κ3) is 4.75. The number of unbranched alkanes of at least 4 members (excludes halogenated alkanes) is 1. The van der Waals surface area contributed by atoms with E-state index in [0.29, 0.717) is 6.54 Å². The van der Waals surface area contributed by atoms with Crippen LogP contribution in [0.3, 0.4) is 0 Å². The number of aliphatic hydroxyl groups excluding tert-OH is 1. The first-order chi connectivity index (χ1) is 11.5. The second-order valence-electron chi connectivity index (χ2n) is 6.26. The molecule has 1 fully saturated rings. The number of aliphatic hydroxyl groups is 1. The molecule has 0 aromatic heterocycles. The molecule has 0 bridgehead atoms. The third-order valence-corrected chi connectivity index (χ3v) is 4.46. The number of aryl methyl sites for hydroxylation is 1. The molecule has 1 aliphatic rings. The smallest absolute Gasteiger partial charge is 0.282 e. The fourth-order valence-electron chi connectivity index (χ4n) is 3.12. The van der Waals surface area contributed by atoms with E-state index in [0.717, 1.165) is 44.3 Å². The van der Waals surface area contributed by atoms with Gasteiger partial charge >= 0.3 is 0 Å². The average Bonchev–Trinajstić information content (AvgIpc) is 3.01. The maximum atomic E-state index is 12.2. The Morgan fingerprint density at radius 1 is 1.46 bits per heavy atom. The Balaban J connectivity index is 1.77. The second kappa shape index (κ2) is 8.75. The first kappa shape index (κ1) is 18.4. The number of nitro benzene ring substituents is 1. The predicted octanol–water partition coefficient (Wildman–Crippen LogP) is 1.87. The number of likely N-dealkylation sites (tertiary alicyclic amines) is 1. The largest absolute Gasteiger partial charge is 0.395 e. The van der Waals surface area contributed by atoms with Gasteiger partial charge in [-0.05, 0) is 57.3 Å². The van der Waals surface area contributed by atoms with Crippen LogP contribution < -0.4 is 5.32 Å². The van der Waals surface area contributed by atoms with Crippen molar-refractivity contribution in [1.82, 2.24) is 10.2 Å². The lowest BCUT2D eigenvalue weighted by Gasteiger charge is -2.22. The number of amides is 1. The Kier molecular flexibility index (Phi) is 6.69. The van der Waals surface area contributed by atoms with Crippen molar-refractivity contribution in [3.8, 4) is 0 Å². The van der Waals surface area contributed by atoms with E-state index in [4.69, 9.17) is 0 Å². The molecule has 1 unspecified atom stereocenters. The van der Waals surface area contributed by atoms with E-state index >= 15 is 0 Å². The molecule has 0 spiro atoms. The molecular formula is C17H25N3O4. The first-order valence-corrected chi connectivity index (χ1v) is 8.41. The highest BCUT2D eigenvalue weighted by Crippen LogP contribution is 2.20. The summed E-state index contributed by atoms with van der Waals surface area (Å²) in [6, 6.07) is 4.81. The number of benzene rings is 1. The van der Waals surface area contributed by atoms with Crippen LogP contribution >= 0.6 is 0 Å². The van der Waals surface area contributed by atoms with Gasteiger partial charge in [-0.2, -0.15) is 0 Å². The molecule has 2 rings (SSSR count). The summed E-state index contributed by atoms with van der Waals surface area (Å²) in [5.41, 5.74) is 0.760. The quantitative estimate of drug-likeness (QED) is 0.429. The maximum Gasteiger partial charge on any atom is 0.282 e. The molecule has 7 heteroatoms. The van der Waals surface area contributed by atoms with Gasteiger partial charge in [0.05, 0.1) is 11.5 Å². The molecule has 24 heavy (non-hydrogen) atoms. The van der Waals surface area contributed by atoms with Crippen LogP contribution in [0.4, 0.5) is 5.69 Å². The van der Waals surface area contributed by atoms with E-state index in [2.05, 4.69) is 10.2 Å². The van der Waals surface area contributed by atoms with Crippen molar-refractivity contribution in [3.05, 3.63) is 39.4 Å². The zero-order chi connectivity index (χ0) is 17.5. The molecule has 7 nitrogen and oxygen atoms in total. The number of carbonyl (C=O) groups excluding carboxylic acids is 1. The van der Waals surface area contributed by atoms with E-state index < -0.39 is 10.8 Å². The second-order valence-corrected chi connectivity index (χ2v) is 6.26. The molecule has 132 valence electrons. The number of hydrogen-bond acceptors (Lipinski definition) is 5. The number of hydrogen-bond donors (Lipinski definition) is 2. The lowest BCUT2D eigenvalue weighted by atomic mass is 10.1. The zero-order valence-corrected chi connectivity index (χ0v) is 14.0. The monoisotopic (exact) mass is 335 g/mol. The summed E-state index contributed by atoms with van der Waals surface area (Å²) in [7, 11) is 0. The van der Waals surface area contributed by atoms with Gasteiger partial charge in [-0.3, -0.25) is 19.8 Å². The lowest BCUT2D eigenvalue weighted by Crippen LogP contribution is -2.33. The Morgan fingerprint density at radius 3 is 2.96 bits per heavy atom. The molecule has 1 heterocycles. The van der Waals surface area contributed by atoms with Gasteiger partial charge in [-0.25, -0.2) is 0 Å². The van der Waals surface area contributed by atoms with Crippen molar-refractivity contribution >= 4 is 11.6 Å². The summed E-state index contributed by atoms with van der Waals surface area (Å²) in [6.07, 6.45) is 3.90. The fourth-order valence-corrected chi connectivity index (χ4v) is 3.12. The van der Waals surface area contributed by atoms with Crippen molar-refractivity contribution in [2.45, 2.75) is 38.6 Å². The number of nitro groups is 1. The number of nitrogens with one attached hydrogen (secondary N) is 1. The summed E-state index contributed by atoms with van der Waals surface area (Å²) < 4.78 is 0. The summed E-state index contributed by atoms with van der Waals surface area (Å²) in [5.74, 6) is -0.403. The fraction of sp³-hybridized carbons (Fsp3) is 0.588. The predicted molar refractivity (Wildman–Crippen MR) is 91.1 cm³/mol. The van der Waals surface area contributed by atoms with Crippen LogP contribution in [0.5, 0.6) is 0 Å². The standard InChI is InChI=1S/C17H25N3O4/c1-13-6-7-16(20(23)24)15(11-13)17(22)18-8-2-3-9-19-10-4-5-14(19)12-21/h6-7,11,14,21H,2-5,8-10,12H2,1H3,(H,18,22). The Hall–Kier alpha value is -1.99. The molecule has 1 saturated heterocycles. The van der Waals surface area contributed by atoms with Crippen LogP contribution in [-0.4, -0.2) is 53.1 Å². The van der Waals surface area contributed by atoms with Gasteiger partial charge in [0.1, 0.15) is 5.56 Å². The highest BCUT2D eigenvalue weighted by atomic mass is 16.6. The van der Waals surface area contributed by atoms with Crippen LogP contribution in [-0.2, 0) is 0 Å². The van der Waals surface area contributed by atoms with Crippen molar-refractivity contribution in [3.63, 3.8) is 0 Å². The zero-order valence-electron chi connectivity index (χ0n) is 14.0. The van der Waals surface area contributed by atoms with E-state index in [9.17, 15) is 20.0 Å². The normalized spacial score (nSPS) is 17.8. The minimum Gasteiger partial charge on any atom is -0.395 e. The molecule has 1 aromatic rings. The Bertz CT molecular complexity index is 591. The van der Waals surface area contributed by atoms with Crippen molar-refractivity contribution in [2.75, 3.05) is 26.2 Å². The van der Waals surface area contributed by atoms with Crippen molar-refractivity contribution in [1.29, 1.82) is 0 Å². The average molecular weight is 335 g/mol. The molecule has 1 aliphatic heterocycles. The van der Waals surface area contributed by atoms with Gasteiger partial charge in [0.2, 0.25) is 0 Å². The molecule has 1 amide bonds. The SMILES string of the molecule is Cc1ccc([N+](=O)[O-])c(C(=O)NCCCCN2CCCC2CO)c1. The Morgan fingerprint density at radius 2 is 2.25 bits per heavy atom. The molecule has 0 aliphatic carbocycles. The van der Waals surface area contributed by atoms with Crippen LogP contribution in [0, 0.1) is 17.0 Å². The summed E-state index contributed by atoms with van der Waals surface area (Å²) in [6.45, 7) is 4.42.